The number of carbonyl (C=O) groups excluding carboxylic acids is 2. The van der Waals surface area contributed by atoms with E-state index in [9.17, 15) is 19.7 Å². The fourth-order valence-corrected chi connectivity index (χ4v) is 5.73. The molecule has 1 saturated heterocycles. The van der Waals surface area contributed by atoms with Crippen LogP contribution in [0.1, 0.15) is 17.7 Å². The molecule has 31 heavy (non-hydrogen) atoms. The number of nitro groups is 1. The van der Waals surface area contributed by atoms with Gasteiger partial charge in [-0.2, -0.15) is 10.1 Å². The van der Waals surface area contributed by atoms with Gasteiger partial charge in [0.25, 0.3) is 17.5 Å². The standard InChI is InChI=1S/C23H19N3O5/c1-11-2-3-12(26(29)30)8-16(11)19-7-4-13(31-19)10-24-25-22(27)20-14-5-6-15(18-9-17(14)18)21(20)23(25)28/h2-8,10,14-15,17-18,20-21H,9H2,1H3/b24-10-/t14-,15-,17-,18+,20-,21+/m1/s1. The van der Waals surface area contributed by atoms with Gasteiger partial charge < -0.3 is 4.42 Å². The van der Waals surface area contributed by atoms with E-state index >= 15 is 0 Å². The van der Waals surface area contributed by atoms with Crippen LogP contribution < -0.4 is 0 Å². The first-order valence-corrected chi connectivity index (χ1v) is 10.4. The van der Waals surface area contributed by atoms with E-state index in [2.05, 4.69) is 17.3 Å². The van der Waals surface area contributed by atoms with Crippen LogP contribution >= 0.6 is 0 Å². The summed E-state index contributed by atoms with van der Waals surface area (Å²) in [6.07, 6.45) is 6.72. The summed E-state index contributed by atoms with van der Waals surface area (Å²) in [7, 11) is 0. The zero-order valence-electron chi connectivity index (χ0n) is 16.7. The number of amides is 2. The van der Waals surface area contributed by atoms with Gasteiger partial charge in [0.05, 0.1) is 23.0 Å². The van der Waals surface area contributed by atoms with Gasteiger partial charge in [-0.25, -0.2) is 0 Å². The number of hydrogen-bond acceptors (Lipinski definition) is 6. The Hall–Kier alpha value is -3.55. The van der Waals surface area contributed by atoms with Crippen molar-refractivity contribution < 1.29 is 18.9 Å². The average Bonchev–Trinajstić information content (AvgIpc) is 3.40. The maximum absolute atomic E-state index is 13.0. The van der Waals surface area contributed by atoms with Crippen LogP contribution in [0.5, 0.6) is 0 Å². The Balaban J connectivity index is 1.25. The first-order valence-electron chi connectivity index (χ1n) is 10.4. The van der Waals surface area contributed by atoms with Crippen LogP contribution in [0.3, 0.4) is 0 Å². The lowest BCUT2D eigenvalue weighted by Gasteiger charge is -2.37. The summed E-state index contributed by atoms with van der Waals surface area (Å²) in [5.74, 6) is 1.19. The number of nitro benzene ring substituents is 1. The number of benzene rings is 1. The first-order chi connectivity index (χ1) is 14.9. The number of non-ortho nitro benzene ring substituents is 1. The van der Waals surface area contributed by atoms with Crippen molar-refractivity contribution in [3.05, 3.63) is 63.9 Å². The number of imide groups is 1. The number of carbonyl (C=O) groups is 2. The predicted molar refractivity (Wildman–Crippen MR) is 110 cm³/mol. The zero-order valence-corrected chi connectivity index (χ0v) is 16.7. The third-order valence-electron chi connectivity index (χ3n) is 7.26. The van der Waals surface area contributed by atoms with Gasteiger partial charge in [-0.15, -0.1) is 0 Å². The monoisotopic (exact) mass is 417 g/mol. The van der Waals surface area contributed by atoms with Gasteiger partial charge in [0.2, 0.25) is 0 Å². The van der Waals surface area contributed by atoms with Crippen molar-refractivity contribution in [3.8, 4) is 11.3 Å². The van der Waals surface area contributed by atoms with Gasteiger partial charge in [-0.3, -0.25) is 19.7 Å². The molecule has 8 heteroatoms. The van der Waals surface area contributed by atoms with Crippen molar-refractivity contribution >= 4 is 23.7 Å². The van der Waals surface area contributed by atoms with Crippen LogP contribution in [0.15, 0.2) is 52.0 Å². The molecule has 6 atom stereocenters. The quantitative estimate of drug-likeness (QED) is 0.249. The van der Waals surface area contributed by atoms with Gasteiger partial charge in [-0.05, 0) is 54.7 Å². The van der Waals surface area contributed by atoms with Crippen molar-refractivity contribution in [2.24, 2.45) is 40.6 Å². The summed E-state index contributed by atoms with van der Waals surface area (Å²) in [6.45, 7) is 1.84. The molecule has 0 N–H and O–H groups in total. The maximum atomic E-state index is 13.0. The number of hydrazone groups is 1. The summed E-state index contributed by atoms with van der Waals surface area (Å²) in [4.78, 5) is 36.5. The van der Waals surface area contributed by atoms with Crippen molar-refractivity contribution in [3.63, 3.8) is 0 Å². The van der Waals surface area contributed by atoms with Crippen molar-refractivity contribution in [1.29, 1.82) is 0 Å². The summed E-state index contributed by atoms with van der Waals surface area (Å²) in [6, 6.07) is 7.93. The number of allylic oxidation sites excluding steroid dienone is 2. The largest absolute Gasteiger partial charge is 0.455 e. The Labute approximate surface area is 177 Å². The molecule has 2 amide bonds. The lowest BCUT2D eigenvalue weighted by Crippen LogP contribution is -2.40. The smallest absolute Gasteiger partial charge is 0.270 e. The number of aryl methyl sites for hydroxylation is 1. The molecule has 4 aliphatic carbocycles. The zero-order chi connectivity index (χ0) is 21.4. The summed E-state index contributed by atoms with van der Waals surface area (Å²) >= 11 is 0. The molecular formula is C23H19N3O5. The van der Waals surface area contributed by atoms with E-state index in [-0.39, 0.29) is 41.2 Å². The molecule has 2 bridgehead atoms. The molecule has 1 aromatic heterocycles. The molecule has 2 aromatic rings. The molecule has 0 radical (unpaired) electrons. The molecular weight excluding hydrogens is 398 g/mol. The average molecular weight is 417 g/mol. The Morgan fingerprint density at radius 1 is 1.10 bits per heavy atom. The lowest BCUT2D eigenvalue weighted by atomic mass is 9.63. The van der Waals surface area contributed by atoms with E-state index in [0.29, 0.717) is 28.9 Å². The maximum Gasteiger partial charge on any atom is 0.270 e. The molecule has 0 spiro atoms. The van der Waals surface area contributed by atoms with E-state index in [1.54, 1.807) is 18.2 Å². The van der Waals surface area contributed by atoms with Crippen molar-refractivity contribution in [2.75, 3.05) is 0 Å². The minimum atomic E-state index is -0.454. The van der Waals surface area contributed by atoms with Gasteiger partial charge in [0, 0.05) is 17.7 Å². The highest BCUT2D eigenvalue weighted by molar-refractivity contribution is 6.06. The topological polar surface area (TPSA) is 106 Å². The number of rotatable bonds is 4. The molecule has 2 saturated carbocycles. The SMILES string of the molecule is Cc1ccc([N+](=O)[O-])cc1-c1ccc(/C=N\N2C(=O)[C@@H]3[C@@H]4C=C[C@H]([C@@H]5C[C@H]45)[C@@H]3C2=O)o1. The number of nitrogens with zero attached hydrogens (tertiary/aromatic N) is 3. The molecule has 5 aliphatic rings. The summed E-state index contributed by atoms with van der Waals surface area (Å²) < 4.78 is 5.78. The fraction of sp³-hybridized carbons (Fsp3) is 0.348. The van der Waals surface area contributed by atoms with Gasteiger partial charge >= 0.3 is 0 Å². The van der Waals surface area contributed by atoms with Crippen LogP contribution in [0.4, 0.5) is 5.69 Å². The van der Waals surface area contributed by atoms with E-state index in [1.165, 1.54) is 18.3 Å². The second-order valence-electron chi connectivity index (χ2n) is 8.85. The number of furan rings is 1. The Bertz CT molecular complexity index is 1180. The van der Waals surface area contributed by atoms with Crippen molar-refractivity contribution in [1.82, 2.24) is 5.01 Å². The Morgan fingerprint density at radius 2 is 1.77 bits per heavy atom. The molecule has 2 heterocycles. The van der Waals surface area contributed by atoms with Crippen LogP contribution in [-0.2, 0) is 9.59 Å². The van der Waals surface area contributed by atoms with E-state index < -0.39 is 4.92 Å². The van der Waals surface area contributed by atoms with Gasteiger partial charge in [0.1, 0.15) is 11.5 Å². The second-order valence-corrected chi connectivity index (χ2v) is 8.85. The molecule has 7 rings (SSSR count). The molecule has 0 unspecified atom stereocenters. The van der Waals surface area contributed by atoms with Crippen LogP contribution in [0.25, 0.3) is 11.3 Å². The second kappa shape index (κ2) is 6.23. The molecule has 8 nitrogen and oxygen atoms in total. The summed E-state index contributed by atoms with van der Waals surface area (Å²) in [5, 5.41) is 16.3. The molecule has 1 aliphatic heterocycles. The predicted octanol–water partition coefficient (Wildman–Crippen LogP) is 3.55. The highest BCUT2D eigenvalue weighted by Gasteiger charge is 2.67. The van der Waals surface area contributed by atoms with Gasteiger partial charge in [0.15, 0.2) is 0 Å². The minimum Gasteiger partial charge on any atom is -0.455 e. The molecule has 1 aromatic carbocycles. The highest BCUT2D eigenvalue weighted by Crippen LogP contribution is 2.65. The Morgan fingerprint density at radius 3 is 2.42 bits per heavy atom. The highest BCUT2D eigenvalue weighted by atomic mass is 16.6. The number of hydrogen-bond donors (Lipinski definition) is 0. The minimum absolute atomic E-state index is 0.0237. The Kier molecular flexibility index (Phi) is 3.66. The fourth-order valence-electron chi connectivity index (χ4n) is 5.73. The third-order valence-corrected chi connectivity index (χ3v) is 7.26. The lowest BCUT2D eigenvalue weighted by molar-refractivity contribution is -0.384. The normalized spacial score (nSPS) is 32.6. The van der Waals surface area contributed by atoms with E-state index in [1.807, 2.05) is 6.92 Å². The first kappa shape index (κ1) is 18.2. The van der Waals surface area contributed by atoms with E-state index in [0.717, 1.165) is 17.0 Å². The third kappa shape index (κ3) is 2.57. The van der Waals surface area contributed by atoms with Crippen LogP contribution in [0.2, 0.25) is 0 Å². The van der Waals surface area contributed by atoms with Crippen LogP contribution in [-0.4, -0.2) is 28.0 Å². The molecule has 156 valence electrons. The van der Waals surface area contributed by atoms with Gasteiger partial charge in [-0.1, -0.05) is 18.2 Å². The molecule has 3 fully saturated rings. The summed E-state index contributed by atoms with van der Waals surface area (Å²) in [5.41, 5.74) is 1.42. The van der Waals surface area contributed by atoms with Crippen molar-refractivity contribution in [2.45, 2.75) is 13.3 Å². The van der Waals surface area contributed by atoms with Crippen LogP contribution in [0, 0.1) is 52.5 Å². The van der Waals surface area contributed by atoms with E-state index in [4.69, 9.17) is 4.42 Å².